The summed E-state index contributed by atoms with van der Waals surface area (Å²) in [6, 6.07) is 14.1. The first-order chi connectivity index (χ1) is 13.1. The van der Waals surface area contributed by atoms with E-state index in [-0.39, 0.29) is 0 Å². The molecule has 5 nitrogen and oxygen atoms in total. The predicted molar refractivity (Wildman–Crippen MR) is 111 cm³/mol. The molecule has 4 aromatic rings. The number of hydrogen-bond acceptors (Lipinski definition) is 4. The molecule has 0 atom stereocenters. The van der Waals surface area contributed by atoms with Crippen LogP contribution in [0.3, 0.4) is 0 Å². The molecule has 2 aromatic heterocycles. The lowest BCUT2D eigenvalue weighted by Gasteiger charge is -2.19. The maximum Gasteiger partial charge on any atom is 0.253 e. The Morgan fingerprint density at radius 2 is 1.89 bits per heavy atom. The van der Waals surface area contributed by atoms with Crippen LogP contribution in [0.15, 0.2) is 54.9 Å². The van der Waals surface area contributed by atoms with Crippen molar-refractivity contribution in [3.8, 4) is 17.1 Å². The molecule has 6 heteroatoms. The van der Waals surface area contributed by atoms with Gasteiger partial charge >= 0.3 is 0 Å². The van der Waals surface area contributed by atoms with Crippen molar-refractivity contribution in [3.05, 3.63) is 65.4 Å². The van der Waals surface area contributed by atoms with Crippen molar-refractivity contribution in [2.75, 3.05) is 18.5 Å². The highest BCUT2D eigenvalue weighted by molar-refractivity contribution is 6.34. The number of benzene rings is 2. The highest BCUT2D eigenvalue weighted by Gasteiger charge is 2.16. The molecule has 27 heavy (non-hydrogen) atoms. The zero-order chi connectivity index (χ0) is 19.0. The van der Waals surface area contributed by atoms with E-state index in [2.05, 4.69) is 42.0 Å². The second-order valence-electron chi connectivity index (χ2n) is 6.48. The predicted octanol–water partition coefficient (Wildman–Crippen LogP) is 4.90. The molecule has 0 unspecified atom stereocenters. The van der Waals surface area contributed by atoms with Crippen molar-refractivity contribution < 1.29 is 0 Å². The first-order valence-corrected chi connectivity index (χ1v) is 9.24. The van der Waals surface area contributed by atoms with Gasteiger partial charge in [-0.1, -0.05) is 35.9 Å². The Balaban J connectivity index is 2.00. The zero-order valence-electron chi connectivity index (χ0n) is 15.5. The van der Waals surface area contributed by atoms with Crippen molar-refractivity contribution in [1.82, 2.24) is 19.7 Å². The lowest BCUT2D eigenvalue weighted by atomic mass is 9.99. The minimum atomic E-state index is 0.530. The van der Waals surface area contributed by atoms with Crippen LogP contribution in [0.4, 0.5) is 5.82 Å². The highest BCUT2D eigenvalue weighted by Crippen LogP contribution is 2.36. The lowest BCUT2D eigenvalue weighted by Crippen LogP contribution is -2.19. The van der Waals surface area contributed by atoms with Crippen molar-refractivity contribution in [3.63, 3.8) is 0 Å². The van der Waals surface area contributed by atoms with Gasteiger partial charge in [0.25, 0.3) is 5.95 Å². The fourth-order valence-electron chi connectivity index (χ4n) is 3.13. The topological polar surface area (TPSA) is 46.8 Å². The quantitative estimate of drug-likeness (QED) is 0.507. The molecule has 0 radical (unpaired) electrons. The van der Waals surface area contributed by atoms with Crippen LogP contribution in [0.25, 0.3) is 28.0 Å². The van der Waals surface area contributed by atoms with Crippen LogP contribution in [0, 0.1) is 6.92 Å². The smallest absolute Gasteiger partial charge is 0.253 e. The third-order valence-corrected chi connectivity index (χ3v) is 5.05. The third kappa shape index (κ3) is 3.15. The molecular formula is C21H20ClN5. The van der Waals surface area contributed by atoms with Gasteiger partial charge in [-0.3, -0.25) is 0 Å². The Morgan fingerprint density at radius 3 is 2.59 bits per heavy atom. The molecule has 0 aliphatic rings. The van der Waals surface area contributed by atoms with Crippen LogP contribution in [0.1, 0.15) is 12.5 Å². The van der Waals surface area contributed by atoms with Crippen LogP contribution in [-0.4, -0.2) is 33.3 Å². The average Bonchev–Trinajstić information content (AvgIpc) is 3.21. The Labute approximate surface area is 163 Å². The molecule has 2 aromatic carbocycles. The summed E-state index contributed by atoms with van der Waals surface area (Å²) in [5.41, 5.74) is 4.08. The van der Waals surface area contributed by atoms with Crippen LogP contribution >= 0.6 is 11.6 Å². The van der Waals surface area contributed by atoms with Gasteiger partial charge in [-0.25, -0.2) is 9.67 Å². The van der Waals surface area contributed by atoms with E-state index in [0.29, 0.717) is 11.0 Å². The normalized spacial score (nSPS) is 11.1. The number of fused-ring (bicyclic) bond motifs is 1. The van der Waals surface area contributed by atoms with Gasteiger partial charge in [0.1, 0.15) is 5.82 Å². The number of hydrogen-bond donors (Lipinski definition) is 0. The summed E-state index contributed by atoms with van der Waals surface area (Å²) >= 11 is 6.66. The summed E-state index contributed by atoms with van der Waals surface area (Å²) in [6.45, 7) is 5.01. The summed E-state index contributed by atoms with van der Waals surface area (Å²) in [5, 5.41) is 5.90. The van der Waals surface area contributed by atoms with Crippen LogP contribution < -0.4 is 4.90 Å². The molecule has 0 aliphatic heterocycles. The number of nitrogens with zero attached hydrogens (tertiary/aromatic N) is 5. The molecule has 2 heterocycles. The Kier molecular flexibility index (Phi) is 4.54. The number of halogens is 1. The van der Waals surface area contributed by atoms with Gasteiger partial charge in [-0.05, 0) is 43.2 Å². The Bertz CT molecular complexity index is 1110. The fraction of sp³-hybridized carbons (Fsp3) is 0.190. The summed E-state index contributed by atoms with van der Waals surface area (Å²) in [7, 11) is 2.02. The van der Waals surface area contributed by atoms with Crippen molar-refractivity contribution >= 4 is 28.3 Å². The monoisotopic (exact) mass is 377 g/mol. The summed E-state index contributed by atoms with van der Waals surface area (Å²) < 4.78 is 1.66. The molecule has 0 spiro atoms. The number of rotatable bonds is 4. The van der Waals surface area contributed by atoms with E-state index in [1.807, 2.05) is 37.5 Å². The first kappa shape index (κ1) is 17.5. The maximum atomic E-state index is 6.66. The Hall–Kier alpha value is -2.92. The van der Waals surface area contributed by atoms with Gasteiger partial charge in [-0.2, -0.15) is 10.1 Å². The van der Waals surface area contributed by atoms with E-state index < -0.39 is 0 Å². The minimum absolute atomic E-state index is 0.530. The van der Waals surface area contributed by atoms with Gasteiger partial charge in [-0.15, -0.1) is 0 Å². The molecule has 0 N–H and O–H groups in total. The second-order valence-corrected chi connectivity index (χ2v) is 6.88. The largest absolute Gasteiger partial charge is 0.359 e. The van der Waals surface area contributed by atoms with Gasteiger partial charge in [0, 0.05) is 36.9 Å². The molecule has 0 fully saturated rings. The molecule has 0 aliphatic carbocycles. The molecule has 4 rings (SSSR count). The van der Waals surface area contributed by atoms with E-state index in [9.17, 15) is 0 Å². The second kappa shape index (κ2) is 7.00. The molecule has 136 valence electrons. The minimum Gasteiger partial charge on any atom is -0.359 e. The molecule has 0 saturated heterocycles. The zero-order valence-corrected chi connectivity index (χ0v) is 16.3. The van der Waals surface area contributed by atoms with Crippen molar-refractivity contribution in [1.29, 1.82) is 0 Å². The SMILES string of the molecule is CCN(C)c1nc(-n2cccn2)nc2cc(Cl)c(-c3ccccc3C)cc12. The van der Waals surface area contributed by atoms with E-state index in [4.69, 9.17) is 21.6 Å². The van der Waals surface area contributed by atoms with E-state index in [0.717, 1.165) is 34.4 Å². The van der Waals surface area contributed by atoms with Crippen LogP contribution in [0.5, 0.6) is 0 Å². The van der Waals surface area contributed by atoms with E-state index in [1.54, 1.807) is 10.9 Å². The van der Waals surface area contributed by atoms with Gasteiger partial charge in [0.2, 0.25) is 0 Å². The van der Waals surface area contributed by atoms with Gasteiger partial charge in [0.05, 0.1) is 10.5 Å². The lowest BCUT2D eigenvalue weighted by molar-refractivity contribution is 0.807. The number of anilines is 1. The summed E-state index contributed by atoms with van der Waals surface area (Å²) in [6.07, 6.45) is 3.55. The average molecular weight is 378 g/mol. The summed E-state index contributed by atoms with van der Waals surface area (Å²) in [4.78, 5) is 11.6. The van der Waals surface area contributed by atoms with E-state index >= 15 is 0 Å². The Morgan fingerprint density at radius 1 is 1.07 bits per heavy atom. The van der Waals surface area contributed by atoms with Crippen molar-refractivity contribution in [2.45, 2.75) is 13.8 Å². The standard InChI is InChI=1S/C21H20ClN5/c1-4-26(3)20-17-12-16(15-9-6-5-8-14(15)2)18(22)13-19(17)24-21(25-20)27-11-7-10-23-27/h5-13H,4H2,1-3H3. The van der Waals surface area contributed by atoms with Crippen LogP contribution in [-0.2, 0) is 0 Å². The third-order valence-electron chi connectivity index (χ3n) is 4.73. The van der Waals surface area contributed by atoms with Crippen LogP contribution in [0.2, 0.25) is 5.02 Å². The molecule has 0 amide bonds. The number of aromatic nitrogens is 4. The van der Waals surface area contributed by atoms with Gasteiger partial charge < -0.3 is 4.90 Å². The summed E-state index contributed by atoms with van der Waals surface area (Å²) in [5.74, 6) is 1.39. The highest BCUT2D eigenvalue weighted by atomic mass is 35.5. The maximum absolute atomic E-state index is 6.66. The van der Waals surface area contributed by atoms with E-state index in [1.165, 1.54) is 5.56 Å². The molecular weight excluding hydrogens is 358 g/mol. The number of aryl methyl sites for hydroxylation is 1. The van der Waals surface area contributed by atoms with Crippen molar-refractivity contribution in [2.24, 2.45) is 0 Å². The molecule has 0 bridgehead atoms. The first-order valence-electron chi connectivity index (χ1n) is 8.87. The fourth-order valence-corrected chi connectivity index (χ4v) is 3.39. The van der Waals surface area contributed by atoms with Gasteiger partial charge in [0.15, 0.2) is 0 Å². The molecule has 0 saturated carbocycles.